The maximum absolute atomic E-state index is 13.1. The van der Waals surface area contributed by atoms with Crippen molar-refractivity contribution in [3.05, 3.63) is 0 Å². The van der Waals surface area contributed by atoms with Crippen LogP contribution in [0.25, 0.3) is 0 Å². The van der Waals surface area contributed by atoms with Gasteiger partial charge in [0, 0.05) is 11.5 Å². The summed E-state index contributed by atoms with van der Waals surface area (Å²) in [6, 6.07) is 0.708. The summed E-state index contributed by atoms with van der Waals surface area (Å²) in [4.78, 5) is 27.5. The van der Waals surface area contributed by atoms with E-state index in [2.05, 4.69) is 58.7 Å². The van der Waals surface area contributed by atoms with Gasteiger partial charge in [-0.2, -0.15) is 0 Å². The van der Waals surface area contributed by atoms with Crippen molar-refractivity contribution in [2.24, 2.45) is 67.5 Å². The van der Waals surface area contributed by atoms with Gasteiger partial charge in [-0.15, -0.1) is 0 Å². The van der Waals surface area contributed by atoms with Gasteiger partial charge in [-0.05, 0) is 193 Å². The quantitative estimate of drug-likeness (QED) is 0.220. The molecule has 51 heavy (non-hydrogen) atoms. The number of carboxylic acids is 1. The summed E-state index contributed by atoms with van der Waals surface area (Å²) in [5.41, 5.74) is 0.822. The van der Waals surface area contributed by atoms with Crippen LogP contribution < -0.4 is 5.32 Å². The van der Waals surface area contributed by atoms with Crippen molar-refractivity contribution in [1.82, 2.24) is 10.2 Å². The minimum Gasteiger partial charge on any atom is -0.481 e. The Morgan fingerprint density at radius 3 is 2.14 bits per heavy atom. The van der Waals surface area contributed by atoms with Gasteiger partial charge in [-0.25, -0.2) is 0 Å². The highest BCUT2D eigenvalue weighted by Gasteiger charge is 2.72. The van der Waals surface area contributed by atoms with E-state index >= 15 is 0 Å². The second-order valence-electron chi connectivity index (χ2n) is 22.0. The molecule has 6 saturated carbocycles. The van der Waals surface area contributed by atoms with Gasteiger partial charge in [0.2, 0.25) is 0 Å². The molecule has 2 N–H and O–H groups in total. The van der Waals surface area contributed by atoms with Gasteiger partial charge in [0.15, 0.2) is 0 Å². The Balaban J connectivity index is 1.09. The molecular formula is C45H76N2O4. The first-order valence-corrected chi connectivity index (χ1v) is 21.7. The van der Waals surface area contributed by atoms with Crippen LogP contribution >= 0.6 is 0 Å². The molecule has 0 bridgehead atoms. The maximum Gasteiger partial charge on any atom is 0.309 e. The van der Waals surface area contributed by atoms with Crippen LogP contribution in [0, 0.1) is 67.5 Å². The third kappa shape index (κ3) is 6.08. The Labute approximate surface area is 311 Å². The number of esters is 1. The summed E-state index contributed by atoms with van der Waals surface area (Å²) in [6.45, 7) is 26.1. The van der Waals surface area contributed by atoms with Crippen LogP contribution in [0.5, 0.6) is 0 Å². The average Bonchev–Trinajstić information content (AvgIpc) is 3.69. The molecule has 6 nitrogen and oxygen atoms in total. The molecule has 10 atom stereocenters. The van der Waals surface area contributed by atoms with E-state index in [1.165, 1.54) is 110 Å². The molecule has 7 rings (SSSR count). The number of hydrogen-bond donors (Lipinski definition) is 2. The first kappa shape index (κ1) is 38.1. The van der Waals surface area contributed by atoms with Gasteiger partial charge < -0.3 is 20.1 Å². The molecule has 290 valence electrons. The van der Waals surface area contributed by atoms with Crippen molar-refractivity contribution in [3.8, 4) is 0 Å². The van der Waals surface area contributed by atoms with E-state index in [0.717, 1.165) is 30.6 Å². The predicted molar refractivity (Wildman–Crippen MR) is 205 cm³/mol. The Morgan fingerprint density at radius 1 is 0.784 bits per heavy atom. The topological polar surface area (TPSA) is 78.9 Å². The minimum atomic E-state index is -1.11. The zero-order valence-electron chi connectivity index (χ0n) is 34.3. The number of ether oxygens (including phenoxy) is 1. The van der Waals surface area contributed by atoms with Gasteiger partial charge in [-0.1, -0.05) is 48.5 Å². The molecule has 0 unspecified atom stereocenters. The van der Waals surface area contributed by atoms with E-state index in [4.69, 9.17) is 4.74 Å². The molecule has 7 fully saturated rings. The van der Waals surface area contributed by atoms with Gasteiger partial charge in [0.25, 0.3) is 0 Å². The second-order valence-corrected chi connectivity index (χ2v) is 22.0. The first-order valence-electron chi connectivity index (χ1n) is 21.7. The predicted octanol–water partition coefficient (Wildman–Crippen LogP) is 9.74. The number of hydrogen-bond acceptors (Lipinski definition) is 5. The van der Waals surface area contributed by atoms with Crippen LogP contribution in [-0.4, -0.2) is 60.3 Å². The van der Waals surface area contributed by atoms with Crippen LogP contribution in [0.3, 0.4) is 0 Å². The zero-order valence-corrected chi connectivity index (χ0v) is 34.3. The fourth-order valence-corrected chi connectivity index (χ4v) is 15.3. The monoisotopic (exact) mass is 709 g/mol. The minimum absolute atomic E-state index is 0.0751. The van der Waals surface area contributed by atoms with Crippen molar-refractivity contribution in [3.63, 3.8) is 0 Å². The van der Waals surface area contributed by atoms with E-state index in [0.29, 0.717) is 39.5 Å². The number of likely N-dealkylation sites (tertiary alicyclic amines) is 1. The number of aliphatic carboxylic acids is 1. The first-order chi connectivity index (χ1) is 23.9. The van der Waals surface area contributed by atoms with Crippen LogP contribution in [0.4, 0.5) is 0 Å². The van der Waals surface area contributed by atoms with Crippen molar-refractivity contribution in [2.75, 3.05) is 26.2 Å². The zero-order chi connectivity index (χ0) is 36.8. The molecule has 1 heterocycles. The highest BCUT2D eigenvalue weighted by atomic mass is 16.5. The van der Waals surface area contributed by atoms with Crippen LogP contribution in [0.1, 0.15) is 165 Å². The lowest BCUT2D eigenvalue weighted by molar-refractivity contribution is -0.252. The molecule has 6 aliphatic carbocycles. The lowest BCUT2D eigenvalue weighted by Crippen LogP contribution is -2.67. The number of piperidine rings is 1. The number of nitrogens with zero attached hydrogens (tertiary/aromatic N) is 1. The molecule has 0 radical (unpaired) electrons. The summed E-state index contributed by atoms with van der Waals surface area (Å²) in [7, 11) is 0. The van der Waals surface area contributed by atoms with Crippen LogP contribution in [0.2, 0.25) is 0 Å². The van der Waals surface area contributed by atoms with Gasteiger partial charge in [0.05, 0.1) is 11.8 Å². The number of rotatable bonds is 10. The fourth-order valence-electron chi connectivity index (χ4n) is 15.3. The molecule has 1 aliphatic heterocycles. The Kier molecular flexibility index (Phi) is 9.71. The second kappa shape index (κ2) is 13.0. The van der Waals surface area contributed by atoms with E-state index in [1.807, 2.05) is 0 Å². The smallest absolute Gasteiger partial charge is 0.309 e. The lowest BCUT2D eigenvalue weighted by Gasteiger charge is -2.73. The normalized spacial score (nSPS) is 44.8. The average molecular weight is 709 g/mol. The maximum atomic E-state index is 13.1. The van der Waals surface area contributed by atoms with E-state index in [-0.39, 0.29) is 29.3 Å². The fraction of sp³-hybridized carbons (Fsp3) is 0.956. The third-order valence-electron chi connectivity index (χ3n) is 19.0. The Hall–Kier alpha value is -1.14. The summed E-state index contributed by atoms with van der Waals surface area (Å²) >= 11 is 0. The molecular weight excluding hydrogens is 633 g/mol. The Morgan fingerprint density at radius 2 is 1.49 bits per heavy atom. The van der Waals surface area contributed by atoms with Crippen molar-refractivity contribution >= 4 is 11.9 Å². The van der Waals surface area contributed by atoms with Crippen molar-refractivity contribution in [1.29, 1.82) is 0 Å². The molecule has 0 aromatic carbocycles. The van der Waals surface area contributed by atoms with E-state index < -0.39 is 11.4 Å². The van der Waals surface area contributed by atoms with Crippen LogP contribution in [-0.2, 0) is 14.3 Å². The Bertz CT molecular complexity index is 1330. The van der Waals surface area contributed by atoms with Crippen molar-refractivity contribution < 1.29 is 19.4 Å². The molecule has 1 saturated heterocycles. The molecule has 0 aromatic heterocycles. The summed E-state index contributed by atoms with van der Waals surface area (Å²) in [5, 5.41) is 13.8. The number of carbonyl (C=O) groups excluding carboxylic acids is 1. The van der Waals surface area contributed by atoms with Gasteiger partial charge >= 0.3 is 11.9 Å². The summed E-state index contributed by atoms with van der Waals surface area (Å²) in [6.07, 6.45) is 19.8. The highest BCUT2D eigenvalue weighted by Crippen LogP contribution is 2.79. The molecule has 6 heteroatoms. The number of fused-ring (bicyclic) bond motifs is 7. The third-order valence-corrected chi connectivity index (χ3v) is 19.0. The summed E-state index contributed by atoms with van der Waals surface area (Å²) in [5.74, 6) is 2.55. The summed E-state index contributed by atoms with van der Waals surface area (Å²) < 4.78 is 6.23. The van der Waals surface area contributed by atoms with Crippen molar-refractivity contribution in [2.45, 2.75) is 177 Å². The largest absolute Gasteiger partial charge is 0.481 e. The number of carboxylic acid groups (broad SMARTS) is 1. The van der Waals surface area contributed by atoms with E-state index in [9.17, 15) is 14.7 Å². The van der Waals surface area contributed by atoms with E-state index in [1.54, 1.807) is 13.8 Å². The highest BCUT2D eigenvalue weighted by molar-refractivity contribution is 5.81. The molecule has 0 amide bonds. The molecule has 0 aromatic rings. The standard InChI is InChI=1S/C45H76N2O4/c1-10-47-27-16-30(17-28-47)46-26-25-45-20-13-31(41(6)21-22-41)37(45)32-11-12-34-42(7)18-15-35(51-36(48)29-39(2,3)38(49)50)40(4,5)33(42)14-19-44(34,9)43(32,8)23-24-45/h30-35,37,46H,10-29H2,1-9H3,(H,49,50)/t31-,32-,33+,34-,35+,37-,42+,43-,44-,45-/m1/s1. The number of carbonyl (C=O) groups is 2. The lowest BCUT2D eigenvalue weighted by atomic mass is 9.32. The molecule has 0 spiro atoms. The SMILES string of the molecule is CCN1CCC(NCC[C@]23CC[C@@H](C4(C)CC4)[C@@H]2[C@H]2CC[C@@H]4[C@@]5(C)CC[C@H](OC(=O)CC(C)(C)C(=O)O)C(C)(C)[C@@H]5CC[C@@]4(C)[C@]2(C)CC3)CC1. The molecule has 7 aliphatic rings. The number of nitrogens with one attached hydrogen (secondary N) is 1. The van der Waals surface area contributed by atoms with Gasteiger partial charge in [0.1, 0.15) is 6.10 Å². The van der Waals surface area contributed by atoms with Gasteiger partial charge in [-0.3, -0.25) is 9.59 Å². The van der Waals surface area contributed by atoms with Crippen LogP contribution in [0.15, 0.2) is 0 Å².